The van der Waals surface area contributed by atoms with Gasteiger partial charge >= 0.3 is 0 Å². The minimum atomic E-state index is -0.633. The zero-order chi connectivity index (χ0) is 15.0. The number of nitrogens with one attached hydrogen (secondary N) is 1. The number of ether oxygens (including phenoxy) is 1. The molecule has 0 aliphatic heterocycles. The molecule has 4 nitrogen and oxygen atoms in total. The van der Waals surface area contributed by atoms with Crippen LogP contribution in [0.4, 0.5) is 0 Å². The molecule has 3 N–H and O–H groups in total. The van der Waals surface area contributed by atoms with Gasteiger partial charge in [-0.2, -0.15) is 0 Å². The Morgan fingerprint density at radius 1 is 1.30 bits per heavy atom. The van der Waals surface area contributed by atoms with Crippen molar-refractivity contribution < 1.29 is 14.9 Å². The fraction of sp³-hybridized carbons (Fsp3) is 0.571. The molecule has 0 aliphatic rings. The summed E-state index contributed by atoms with van der Waals surface area (Å²) >= 11 is 11.8. The van der Waals surface area contributed by atoms with Crippen LogP contribution in [0.2, 0.25) is 10.0 Å². The van der Waals surface area contributed by atoms with E-state index in [1.54, 1.807) is 18.2 Å². The first-order valence-corrected chi connectivity index (χ1v) is 7.36. The van der Waals surface area contributed by atoms with Gasteiger partial charge in [0.2, 0.25) is 0 Å². The number of halogens is 2. The number of aliphatic hydroxyl groups excluding tert-OH is 2. The molecule has 114 valence electrons. The third-order valence-electron chi connectivity index (χ3n) is 2.82. The van der Waals surface area contributed by atoms with Crippen molar-refractivity contribution in [1.29, 1.82) is 0 Å². The molecule has 0 saturated carbocycles. The molecule has 0 amide bonds. The third kappa shape index (κ3) is 6.77. The Morgan fingerprint density at radius 2 is 2.05 bits per heavy atom. The van der Waals surface area contributed by atoms with Crippen LogP contribution in [0, 0.1) is 5.92 Å². The van der Waals surface area contributed by atoms with Crippen molar-refractivity contribution in [3.63, 3.8) is 0 Å². The lowest BCUT2D eigenvalue weighted by Gasteiger charge is -2.16. The highest BCUT2D eigenvalue weighted by Crippen LogP contribution is 2.27. The lowest BCUT2D eigenvalue weighted by atomic mass is 10.1. The molecule has 2 unspecified atom stereocenters. The molecule has 0 aromatic heterocycles. The molecule has 6 heteroatoms. The quantitative estimate of drug-likeness (QED) is 0.653. The summed E-state index contributed by atoms with van der Waals surface area (Å²) in [5.41, 5.74) is 0. The minimum absolute atomic E-state index is 0.140. The fourth-order valence-corrected chi connectivity index (χ4v) is 1.99. The van der Waals surface area contributed by atoms with E-state index in [1.165, 1.54) is 0 Å². The van der Waals surface area contributed by atoms with Crippen molar-refractivity contribution in [2.45, 2.75) is 19.4 Å². The lowest BCUT2D eigenvalue weighted by Crippen LogP contribution is -2.34. The summed E-state index contributed by atoms with van der Waals surface area (Å²) in [6, 6.07) is 4.95. The van der Waals surface area contributed by atoms with Crippen LogP contribution in [0.1, 0.15) is 13.3 Å². The topological polar surface area (TPSA) is 61.7 Å². The molecule has 0 bridgehead atoms. The van der Waals surface area contributed by atoms with E-state index in [0.29, 0.717) is 28.3 Å². The first-order chi connectivity index (χ1) is 9.52. The summed E-state index contributed by atoms with van der Waals surface area (Å²) in [6.45, 7) is 3.53. The molecule has 0 aliphatic carbocycles. The lowest BCUT2D eigenvalue weighted by molar-refractivity contribution is 0.105. The number of benzene rings is 1. The summed E-state index contributed by atoms with van der Waals surface area (Å²) in [5, 5.41) is 22.7. The molecule has 1 aromatic carbocycles. The van der Waals surface area contributed by atoms with E-state index in [0.717, 1.165) is 13.0 Å². The van der Waals surface area contributed by atoms with Gasteiger partial charge in [0.25, 0.3) is 0 Å². The Hall–Kier alpha value is -0.520. The first kappa shape index (κ1) is 17.5. The molecule has 1 aromatic rings. The zero-order valence-corrected chi connectivity index (χ0v) is 13.0. The predicted octanol–water partition coefficient (Wildman–Crippen LogP) is 2.34. The summed E-state index contributed by atoms with van der Waals surface area (Å²) in [5.74, 6) is 0.836. The van der Waals surface area contributed by atoms with Crippen molar-refractivity contribution >= 4 is 23.2 Å². The van der Waals surface area contributed by atoms with Crippen LogP contribution in [0.15, 0.2) is 18.2 Å². The molecule has 0 spiro atoms. The maximum atomic E-state index is 9.80. The molecule has 0 radical (unpaired) electrons. The maximum absolute atomic E-state index is 9.80. The van der Waals surface area contributed by atoms with E-state index in [9.17, 15) is 5.11 Å². The molecular formula is C14H21Cl2NO3. The zero-order valence-electron chi connectivity index (χ0n) is 11.5. The predicted molar refractivity (Wildman–Crippen MR) is 81.7 cm³/mol. The van der Waals surface area contributed by atoms with Crippen molar-refractivity contribution in [2.75, 3.05) is 26.3 Å². The number of hydrogen-bond acceptors (Lipinski definition) is 4. The highest BCUT2D eigenvalue weighted by molar-refractivity contribution is 6.34. The largest absolute Gasteiger partial charge is 0.489 e. The van der Waals surface area contributed by atoms with Crippen molar-refractivity contribution in [3.8, 4) is 5.75 Å². The SMILES string of the molecule is CC(CCO)CNCC(O)COc1cc(Cl)ccc1Cl. The van der Waals surface area contributed by atoms with Crippen LogP contribution in [0.25, 0.3) is 0 Å². The Bertz CT molecular complexity index is 404. The summed E-state index contributed by atoms with van der Waals surface area (Å²) < 4.78 is 5.44. The van der Waals surface area contributed by atoms with E-state index in [2.05, 4.69) is 5.32 Å². The summed E-state index contributed by atoms with van der Waals surface area (Å²) in [4.78, 5) is 0. The van der Waals surface area contributed by atoms with Crippen LogP contribution in [0.3, 0.4) is 0 Å². The van der Waals surface area contributed by atoms with Gasteiger partial charge in [-0.3, -0.25) is 0 Å². The van der Waals surface area contributed by atoms with Gasteiger partial charge in [0.1, 0.15) is 18.5 Å². The van der Waals surface area contributed by atoms with E-state index >= 15 is 0 Å². The monoisotopic (exact) mass is 321 g/mol. The average molecular weight is 322 g/mol. The van der Waals surface area contributed by atoms with Crippen molar-refractivity contribution in [3.05, 3.63) is 28.2 Å². The smallest absolute Gasteiger partial charge is 0.139 e. The van der Waals surface area contributed by atoms with E-state index < -0.39 is 6.10 Å². The molecule has 20 heavy (non-hydrogen) atoms. The van der Waals surface area contributed by atoms with Crippen LogP contribution in [0.5, 0.6) is 5.75 Å². The second-order valence-corrected chi connectivity index (χ2v) is 5.66. The van der Waals surface area contributed by atoms with Gasteiger partial charge in [-0.05, 0) is 31.0 Å². The molecular weight excluding hydrogens is 301 g/mol. The van der Waals surface area contributed by atoms with Crippen LogP contribution < -0.4 is 10.1 Å². The van der Waals surface area contributed by atoms with Crippen molar-refractivity contribution in [2.24, 2.45) is 5.92 Å². The van der Waals surface area contributed by atoms with Crippen LogP contribution >= 0.6 is 23.2 Å². The number of rotatable bonds is 9. The van der Waals surface area contributed by atoms with Gasteiger partial charge in [0.15, 0.2) is 0 Å². The highest BCUT2D eigenvalue weighted by atomic mass is 35.5. The van der Waals surface area contributed by atoms with Gasteiger partial charge in [-0.1, -0.05) is 30.1 Å². The fourth-order valence-electron chi connectivity index (χ4n) is 1.65. The van der Waals surface area contributed by atoms with Crippen molar-refractivity contribution in [1.82, 2.24) is 5.32 Å². The maximum Gasteiger partial charge on any atom is 0.139 e. The number of aliphatic hydroxyl groups is 2. The second kappa shape index (κ2) is 9.42. The minimum Gasteiger partial charge on any atom is -0.489 e. The van der Waals surface area contributed by atoms with Crippen LogP contribution in [-0.4, -0.2) is 42.6 Å². The van der Waals surface area contributed by atoms with Gasteiger partial charge in [0, 0.05) is 24.2 Å². The third-order valence-corrected chi connectivity index (χ3v) is 3.37. The molecule has 2 atom stereocenters. The standard InChI is InChI=1S/C14H21Cl2NO3/c1-10(4-5-18)7-17-8-12(19)9-20-14-6-11(15)2-3-13(14)16/h2-3,6,10,12,17-19H,4-5,7-9H2,1H3. The van der Waals surface area contributed by atoms with Gasteiger partial charge < -0.3 is 20.3 Å². The Kier molecular flexibility index (Phi) is 8.26. The first-order valence-electron chi connectivity index (χ1n) is 6.60. The van der Waals surface area contributed by atoms with Gasteiger partial charge in [-0.25, -0.2) is 0 Å². The van der Waals surface area contributed by atoms with E-state index in [1.807, 2.05) is 6.92 Å². The van der Waals surface area contributed by atoms with E-state index in [4.69, 9.17) is 33.0 Å². The highest BCUT2D eigenvalue weighted by Gasteiger charge is 2.09. The molecule has 1 rings (SSSR count). The summed E-state index contributed by atoms with van der Waals surface area (Å²) in [7, 11) is 0. The van der Waals surface area contributed by atoms with Gasteiger partial charge in [-0.15, -0.1) is 0 Å². The average Bonchev–Trinajstić information content (AvgIpc) is 2.40. The van der Waals surface area contributed by atoms with Gasteiger partial charge in [0.05, 0.1) is 5.02 Å². The second-order valence-electron chi connectivity index (χ2n) is 4.82. The normalized spacial score (nSPS) is 14.1. The molecule has 0 fully saturated rings. The Labute approximate surface area is 129 Å². The molecule has 0 saturated heterocycles. The van der Waals surface area contributed by atoms with E-state index in [-0.39, 0.29) is 13.2 Å². The van der Waals surface area contributed by atoms with Crippen LogP contribution in [-0.2, 0) is 0 Å². The Balaban J connectivity index is 2.26. The molecule has 0 heterocycles. The summed E-state index contributed by atoms with van der Waals surface area (Å²) in [6.07, 6.45) is 0.115. The Morgan fingerprint density at radius 3 is 2.75 bits per heavy atom. The number of hydrogen-bond donors (Lipinski definition) is 3.